The Morgan fingerprint density at radius 1 is 1.30 bits per heavy atom. The Morgan fingerprint density at radius 3 is 2.35 bits per heavy atom. The van der Waals surface area contributed by atoms with Gasteiger partial charge in [0.15, 0.2) is 0 Å². The molecule has 0 unspecified atom stereocenters. The number of hydrogen-bond acceptors (Lipinski definition) is 4. The molecule has 1 saturated carbocycles. The Bertz CT molecular complexity index is 715. The Labute approximate surface area is 137 Å². The van der Waals surface area contributed by atoms with Crippen LogP contribution in [0.3, 0.4) is 0 Å². The summed E-state index contributed by atoms with van der Waals surface area (Å²) < 4.78 is 38.1. The summed E-state index contributed by atoms with van der Waals surface area (Å²) in [7, 11) is -4.36. The van der Waals surface area contributed by atoms with Crippen LogP contribution < -0.4 is 5.32 Å². The minimum absolute atomic E-state index is 0.0109. The fourth-order valence-electron chi connectivity index (χ4n) is 2.61. The normalized spacial score (nSPS) is 15.9. The zero-order chi connectivity index (χ0) is 17.4. The van der Waals surface area contributed by atoms with Gasteiger partial charge in [-0.05, 0) is 58.1 Å². The molecule has 1 aromatic rings. The van der Waals surface area contributed by atoms with E-state index in [9.17, 15) is 17.8 Å². The van der Waals surface area contributed by atoms with E-state index in [4.69, 9.17) is 4.74 Å². The second kappa shape index (κ2) is 6.13. The molecule has 23 heavy (non-hydrogen) atoms. The number of amides is 1. The molecule has 1 fully saturated rings. The summed E-state index contributed by atoms with van der Waals surface area (Å²) in [5.41, 5.74) is 0.962. The van der Waals surface area contributed by atoms with Gasteiger partial charge >= 0.3 is 6.09 Å². The zero-order valence-electron chi connectivity index (χ0n) is 13.8. The number of carbonyl (C=O) groups excluding carboxylic acids is 1. The molecule has 2 N–H and O–H groups in total. The van der Waals surface area contributed by atoms with E-state index in [2.05, 4.69) is 5.32 Å². The second-order valence-electron chi connectivity index (χ2n) is 6.90. The van der Waals surface area contributed by atoms with Gasteiger partial charge in [-0.3, -0.25) is 9.87 Å². The Balaban J connectivity index is 2.47. The third-order valence-corrected chi connectivity index (χ3v) is 4.74. The lowest BCUT2D eigenvalue weighted by Gasteiger charge is -2.30. The molecular formula is C16H23NO5S. The van der Waals surface area contributed by atoms with Gasteiger partial charge in [0.25, 0.3) is 10.1 Å². The van der Waals surface area contributed by atoms with E-state index in [1.165, 1.54) is 6.07 Å². The van der Waals surface area contributed by atoms with E-state index in [0.29, 0.717) is 11.3 Å². The van der Waals surface area contributed by atoms with E-state index in [-0.39, 0.29) is 10.8 Å². The number of benzene rings is 1. The molecule has 128 valence electrons. The Morgan fingerprint density at radius 2 is 1.91 bits per heavy atom. The van der Waals surface area contributed by atoms with Gasteiger partial charge < -0.3 is 4.74 Å². The van der Waals surface area contributed by atoms with Crippen molar-refractivity contribution < 1.29 is 22.5 Å². The van der Waals surface area contributed by atoms with Crippen molar-refractivity contribution in [3.8, 4) is 0 Å². The lowest BCUT2D eigenvalue weighted by atomic mass is 9.78. The number of anilines is 1. The van der Waals surface area contributed by atoms with Crippen molar-refractivity contribution in [3.63, 3.8) is 0 Å². The number of aryl methyl sites for hydroxylation is 1. The van der Waals surface area contributed by atoms with E-state index >= 15 is 0 Å². The third kappa shape index (κ3) is 4.23. The van der Waals surface area contributed by atoms with Gasteiger partial charge in [-0.25, -0.2) is 4.79 Å². The van der Waals surface area contributed by atoms with Gasteiger partial charge in [0.05, 0.1) is 10.6 Å². The third-order valence-electron chi connectivity index (χ3n) is 3.83. The highest BCUT2D eigenvalue weighted by molar-refractivity contribution is 7.85. The second-order valence-corrected chi connectivity index (χ2v) is 8.29. The molecule has 7 heteroatoms. The average molecular weight is 341 g/mol. The highest BCUT2D eigenvalue weighted by Crippen LogP contribution is 2.44. The van der Waals surface area contributed by atoms with Crippen LogP contribution in [0.2, 0.25) is 0 Å². The van der Waals surface area contributed by atoms with Crippen molar-refractivity contribution in [3.05, 3.63) is 23.3 Å². The maximum Gasteiger partial charge on any atom is 0.412 e. The summed E-state index contributed by atoms with van der Waals surface area (Å²) in [5.74, 6) is 0.0109. The highest BCUT2D eigenvalue weighted by atomic mass is 32.2. The standard InChI is InChI=1S/C16H23NO5S/c1-10-8-9-12(23(19,20)21)13(11-6-5-7-11)14(10)17-15(18)22-16(2,3)4/h8-9,11H,5-7H2,1-4H3,(H,17,18)(H,19,20,21). The van der Waals surface area contributed by atoms with Crippen LogP contribution in [-0.4, -0.2) is 24.7 Å². The first-order chi connectivity index (χ1) is 10.5. The summed E-state index contributed by atoms with van der Waals surface area (Å²) in [6.07, 6.45) is 2.01. The maximum absolute atomic E-state index is 12.1. The van der Waals surface area contributed by atoms with Gasteiger partial charge in [0.1, 0.15) is 5.60 Å². The molecule has 0 radical (unpaired) electrons. The summed E-state index contributed by atoms with van der Waals surface area (Å²) in [6, 6.07) is 2.95. The van der Waals surface area contributed by atoms with Gasteiger partial charge in [-0.1, -0.05) is 12.5 Å². The highest BCUT2D eigenvalue weighted by Gasteiger charge is 2.31. The topological polar surface area (TPSA) is 92.7 Å². The summed E-state index contributed by atoms with van der Waals surface area (Å²) in [4.78, 5) is 11.9. The smallest absolute Gasteiger partial charge is 0.412 e. The average Bonchev–Trinajstić information content (AvgIpc) is 2.27. The predicted octanol–water partition coefficient (Wildman–Crippen LogP) is 3.86. The molecule has 0 bridgehead atoms. The SMILES string of the molecule is Cc1ccc(S(=O)(=O)O)c(C2CCC2)c1NC(=O)OC(C)(C)C. The molecule has 0 atom stereocenters. The van der Waals surface area contributed by atoms with Crippen molar-refractivity contribution in [2.24, 2.45) is 0 Å². The number of rotatable bonds is 3. The Hall–Kier alpha value is -1.60. The van der Waals surface area contributed by atoms with Crippen LogP contribution in [-0.2, 0) is 14.9 Å². The van der Waals surface area contributed by atoms with Crippen LogP contribution >= 0.6 is 0 Å². The number of carbonyl (C=O) groups is 1. The van der Waals surface area contributed by atoms with Gasteiger partial charge in [0.2, 0.25) is 0 Å². The number of hydrogen-bond donors (Lipinski definition) is 2. The first kappa shape index (κ1) is 17.7. The first-order valence-corrected chi connectivity index (χ1v) is 9.04. The maximum atomic E-state index is 12.1. The van der Waals surface area contributed by atoms with Gasteiger partial charge in [-0.15, -0.1) is 0 Å². The largest absolute Gasteiger partial charge is 0.444 e. The lowest BCUT2D eigenvalue weighted by Crippen LogP contribution is -2.28. The molecular weight excluding hydrogens is 318 g/mol. The zero-order valence-corrected chi connectivity index (χ0v) is 14.7. The quantitative estimate of drug-likeness (QED) is 0.814. The minimum atomic E-state index is -4.36. The minimum Gasteiger partial charge on any atom is -0.444 e. The monoisotopic (exact) mass is 341 g/mol. The van der Waals surface area contributed by atoms with Crippen LogP contribution in [0.25, 0.3) is 0 Å². The van der Waals surface area contributed by atoms with Gasteiger partial charge in [-0.2, -0.15) is 8.42 Å². The van der Waals surface area contributed by atoms with Gasteiger partial charge in [0, 0.05) is 5.56 Å². The van der Waals surface area contributed by atoms with E-state index in [0.717, 1.165) is 24.8 Å². The van der Waals surface area contributed by atoms with Crippen LogP contribution in [0.4, 0.5) is 10.5 Å². The van der Waals surface area contributed by atoms with E-state index in [1.807, 2.05) is 0 Å². The van der Waals surface area contributed by atoms with Crippen LogP contribution in [0.1, 0.15) is 57.1 Å². The van der Waals surface area contributed by atoms with Crippen LogP contribution in [0, 0.1) is 6.92 Å². The fraction of sp³-hybridized carbons (Fsp3) is 0.562. The molecule has 2 rings (SSSR count). The first-order valence-electron chi connectivity index (χ1n) is 7.60. The Kier molecular flexibility index (Phi) is 4.73. The summed E-state index contributed by atoms with van der Waals surface area (Å²) in [6.45, 7) is 7.03. The molecule has 1 aliphatic carbocycles. The fourth-order valence-corrected chi connectivity index (χ4v) is 3.39. The molecule has 0 heterocycles. The van der Waals surface area contributed by atoms with Crippen molar-refractivity contribution in [1.82, 2.24) is 0 Å². The number of nitrogens with one attached hydrogen (secondary N) is 1. The van der Waals surface area contributed by atoms with E-state index < -0.39 is 21.8 Å². The molecule has 1 aromatic carbocycles. The van der Waals surface area contributed by atoms with E-state index in [1.54, 1.807) is 33.8 Å². The molecule has 0 aromatic heterocycles. The molecule has 0 spiro atoms. The lowest BCUT2D eigenvalue weighted by molar-refractivity contribution is 0.0635. The summed E-state index contributed by atoms with van der Waals surface area (Å²) >= 11 is 0. The van der Waals surface area contributed by atoms with Crippen LogP contribution in [0.5, 0.6) is 0 Å². The van der Waals surface area contributed by atoms with Crippen molar-refractivity contribution >= 4 is 21.9 Å². The van der Waals surface area contributed by atoms with Crippen LogP contribution in [0.15, 0.2) is 17.0 Å². The van der Waals surface area contributed by atoms with Crippen molar-refractivity contribution in [2.45, 2.75) is 63.4 Å². The molecule has 1 amide bonds. The molecule has 1 aliphatic rings. The summed E-state index contributed by atoms with van der Waals surface area (Å²) in [5, 5.41) is 2.66. The number of ether oxygens (including phenoxy) is 1. The van der Waals surface area contributed by atoms with Crippen molar-refractivity contribution in [2.75, 3.05) is 5.32 Å². The molecule has 0 aliphatic heterocycles. The predicted molar refractivity (Wildman–Crippen MR) is 87.4 cm³/mol. The van der Waals surface area contributed by atoms with Crippen molar-refractivity contribution in [1.29, 1.82) is 0 Å². The molecule has 0 saturated heterocycles. The molecule has 6 nitrogen and oxygen atoms in total.